The predicted octanol–water partition coefficient (Wildman–Crippen LogP) is 4.34. The number of nitrogens with two attached hydrogens (primary N) is 1. The van der Waals surface area contributed by atoms with E-state index in [2.05, 4.69) is 4.99 Å². The van der Waals surface area contributed by atoms with Crippen molar-refractivity contribution in [2.75, 3.05) is 13.6 Å². The monoisotopic (exact) mass is 409 g/mol. The Morgan fingerprint density at radius 2 is 1.73 bits per heavy atom. The SMILES string of the molecule is CC(N)=NCC/C=C(/F)CC1C(=O)OC(c2ccccc2)C(c2ccccc2)N1C. The number of esters is 1. The minimum absolute atomic E-state index is 0.0362. The second kappa shape index (κ2) is 10.2. The highest BCUT2D eigenvalue weighted by molar-refractivity contribution is 5.78. The number of benzene rings is 2. The molecule has 1 heterocycles. The van der Waals surface area contributed by atoms with E-state index >= 15 is 0 Å². The summed E-state index contributed by atoms with van der Waals surface area (Å²) in [6, 6.07) is 18.6. The second-order valence-corrected chi connectivity index (χ2v) is 7.47. The number of aliphatic imine (C=N–C) groups is 1. The van der Waals surface area contributed by atoms with E-state index in [4.69, 9.17) is 10.5 Å². The van der Waals surface area contributed by atoms with E-state index in [9.17, 15) is 9.18 Å². The Labute approximate surface area is 177 Å². The molecular weight excluding hydrogens is 381 g/mol. The summed E-state index contributed by atoms with van der Waals surface area (Å²) in [6.45, 7) is 2.11. The minimum Gasteiger partial charge on any atom is -0.454 e. The van der Waals surface area contributed by atoms with Crippen molar-refractivity contribution >= 4 is 11.8 Å². The summed E-state index contributed by atoms with van der Waals surface area (Å²) >= 11 is 0. The average Bonchev–Trinajstić information content (AvgIpc) is 2.75. The van der Waals surface area contributed by atoms with Crippen molar-refractivity contribution in [3.8, 4) is 0 Å². The van der Waals surface area contributed by atoms with E-state index < -0.39 is 18.1 Å². The number of hydrogen-bond donors (Lipinski definition) is 1. The van der Waals surface area contributed by atoms with Crippen LogP contribution in [-0.4, -0.2) is 36.3 Å². The standard InChI is InChI=1S/C24H28FN3O2/c1-17(26)27-15-9-14-20(25)16-21-24(29)30-23(19-12-7-4-8-13-19)22(28(21)2)18-10-5-3-6-11-18/h3-8,10-14,21-23H,9,15-16H2,1-2H3,(H2,26,27)/b20-14+. The maximum Gasteiger partial charge on any atom is 0.324 e. The summed E-state index contributed by atoms with van der Waals surface area (Å²) in [7, 11) is 1.86. The van der Waals surface area contributed by atoms with Crippen LogP contribution in [0.25, 0.3) is 0 Å². The number of carbonyl (C=O) groups is 1. The highest BCUT2D eigenvalue weighted by Gasteiger charge is 2.43. The molecule has 1 saturated heterocycles. The van der Waals surface area contributed by atoms with Gasteiger partial charge in [0.25, 0.3) is 0 Å². The van der Waals surface area contributed by atoms with Crippen molar-refractivity contribution in [1.29, 1.82) is 0 Å². The minimum atomic E-state index is -0.703. The van der Waals surface area contributed by atoms with Gasteiger partial charge in [0.2, 0.25) is 0 Å². The largest absolute Gasteiger partial charge is 0.454 e. The molecule has 3 atom stereocenters. The van der Waals surface area contributed by atoms with Gasteiger partial charge in [0, 0.05) is 13.0 Å². The lowest BCUT2D eigenvalue weighted by Gasteiger charge is -2.43. The van der Waals surface area contributed by atoms with Crippen LogP contribution in [0, 0.1) is 0 Å². The zero-order chi connectivity index (χ0) is 21.5. The molecule has 0 amide bonds. The van der Waals surface area contributed by atoms with Gasteiger partial charge < -0.3 is 10.5 Å². The topological polar surface area (TPSA) is 67.9 Å². The van der Waals surface area contributed by atoms with Crippen LogP contribution in [0.1, 0.15) is 43.0 Å². The van der Waals surface area contributed by atoms with E-state index in [0.717, 1.165) is 11.1 Å². The van der Waals surface area contributed by atoms with Gasteiger partial charge in [-0.25, -0.2) is 4.39 Å². The van der Waals surface area contributed by atoms with Crippen LogP contribution in [0.2, 0.25) is 0 Å². The molecule has 2 aromatic carbocycles. The molecule has 0 spiro atoms. The first-order valence-corrected chi connectivity index (χ1v) is 10.1. The number of rotatable bonds is 7. The number of ether oxygens (including phenoxy) is 1. The first-order valence-electron chi connectivity index (χ1n) is 10.1. The fourth-order valence-corrected chi connectivity index (χ4v) is 3.75. The second-order valence-electron chi connectivity index (χ2n) is 7.47. The van der Waals surface area contributed by atoms with Crippen molar-refractivity contribution in [3.63, 3.8) is 0 Å². The molecule has 6 heteroatoms. The molecule has 1 aliphatic rings. The molecule has 2 aromatic rings. The number of morpholine rings is 1. The highest BCUT2D eigenvalue weighted by atomic mass is 19.1. The van der Waals surface area contributed by atoms with Crippen LogP contribution in [0.5, 0.6) is 0 Å². The molecule has 5 nitrogen and oxygen atoms in total. The van der Waals surface area contributed by atoms with Crippen molar-refractivity contribution in [2.45, 2.75) is 38.0 Å². The Kier molecular flexibility index (Phi) is 7.36. The fraction of sp³-hybridized carbons (Fsp3) is 0.333. The third kappa shape index (κ3) is 5.33. The van der Waals surface area contributed by atoms with E-state index in [1.54, 1.807) is 6.92 Å². The highest BCUT2D eigenvalue weighted by Crippen LogP contribution is 2.42. The first-order chi connectivity index (χ1) is 14.5. The van der Waals surface area contributed by atoms with Crippen LogP contribution < -0.4 is 5.73 Å². The van der Waals surface area contributed by atoms with Gasteiger partial charge in [0.15, 0.2) is 0 Å². The van der Waals surface area contributed by atoms with Gasteiger partial charge >= 0.3 is 5.97 Å². The van der Waals surface area contributed by atoms with Crippen molar-refractivity contribution in [3.05, 3.63) is 83.7 Å². The molecule has 0 aromatic heterocycles. The molecule has 0 saturated carbocycles. The average molecular weight is 410 g/mol. The molecule has 1 aliphatic heterocycles. The Bertz CT molecular complexity index is 895. The smallest absolute Gasteiger partial charge is 0.324 e. The lowest BCUT2D eigenvalue weighted by Crippen LogP contribution is -2.49. The Morgan fingerprint density at radius 3 is 2.33 bits per heavy atom. The molecular formula is C24H28FN3O2. The molecule has 3 unspecified atom stereocenters. The van der Waals surface area contributed by atoms with Crippen LogP contribution in [0.4, 0.5) is 4.39 Å². The van der Waals surface area contributed by atoms with Crippen LogP contribution >= 0.6 is 0 Å². The summed E-state index contributed by atoms with van der Waals surface area (Å²) in [6.07, 6.45) is 1.40. The number of cyclic esters (lactones) is 1. The van der Waals surface area contributed by atoms with Crippen molar-refractivity contribution in [1.82, 2.24) is 4.90 Å². The maximum atomic E-state index is 14.6. The van der Waals surface area contributed by atoms with Gasteiger partial charge in [-0.1, -0.05) is 66.7 Å². The van der Waals surface area contributed by atoms with Crippen molar-refractivity contribution in [2.24, 2.45) is 10.7 Å². The zero-order valence-electron chi connectivity index (χ0n) is 17.4. The van der Waals surface area contributed by atoms with E-state index in [0.29, 0.717) is 18.8 Å². The van der Waals surface area contributed by atoms with Gasteiger partial charge in [0.05, 0.1) is 17.7 Å². The van der Waals surface area contributed by atoms with Crippen molar-refractivity contribution < 1.29 is 13.9 Å². The third-order valence-corrected chi connectivity index (χ3v) is 5.25. The fourth-order valence-electron chi connectivity index (χ4n) is 3.75. The van der Waals surface area contributed by atoms with Gasteiger partial charge in [-0.2, -0.15) is 0 Å². The third-order valence-electron chi connectivity index (χ3n) is 5.25. The summed E-state index contributed by atoms with van der Waals surface area (Å²) in [5, 5.41) is 0. The zero-order valence-corrected chi connectivity index (χ0v) is 17.4. The van der Waals surface area contributed by atoms with E-state index in [1.807, 2.05) is 72.6 Å². The van der Waals surface area contributed by atoms with Gasteiger partial charge in [-0.3, -0.25) is 14.7 Å². The summed E-state index contributed by atoms with van der Waals surface area (Å²) in [4.78, 5) is 18.8. The molecule has 0 bridgehead atoms. The number of likely N-dealkylation sites (N-methyl/N-ethyl adjacent to an activating group) is 1. The normalized spacial score (nSPS) is 23.3. The first kappa shape index (κ1) is 21.7. The predicted molar refractivity (Wildman–Crippen MR) is 117 cm³/mol. The van der Waals surface area contributed by atoms with Crippen LogP contribution in [0.3, 0.4) is 0 Å². The summed E-state index contributed by atoms with van der Waals surface area (Å²) in [5.41, 5.74) is 7.42. The number of halogens is 1. The molecule has 2 N–H and O–H groups in total. The van der Waals surface area contributed by atoms with Crippen LogP contribution in [0.15, 0.2) is 77.6 Å². The summed E-state index contributed by atoms with van der Waals surface area (Å²) < 4.78 is 20.4. The molecule has 0 radical (unpaired) electrons. The molecule has 158 valence electrons. The Balaban J connectivity index is 1.83. The van der Waals surface area contributed by atoms with Gasteiger partial charge in [-0.15, -0.1) is 0 Å². The van der Waals surface area contributed by atoms with Gasteiger partial charge in [0.1, 0.15) is 12.1 Å². The van der Waals surface area contributed by atoms with E-state index in [-0.39, 0.29) is 18.3 Å². The number of hydrogen-bond acceptors (Lipinski definition) is 4. The Morgan fingerprint density at radius 1 is 1.13 bits per heavy atom. The maximum absolute atomic E-state index is 14.6. The molecule has 30 heavy (non-hydrogen) atoms. The summed E-state index contributed by atoms with van der Waals surface area (Å²) in [5.74, 6) is -0.298. The number of nitrogens with zero attached hydrogens (tertiary/aromatic N) is 2. The molecule has 0 aliphatic carbocycles. The van der Waals surface area contributed by atoms with Crippen LogP contribution in [-0.2, 0) is 9.53 Å². The van der Waals surface area contributed by atoms with Gasteiger partial charge in [-0.05, 0) is 31.5 Å². The van der Waals surface area contributed by atoms with E-state index in [1.165, 1.54) is 6.08 Å². The number of carbonyl (C=O) groups excluding carboxylic acids is 1. The Hall–Kier alpha value is -2.99. The lowest BCUT2D eigenvalue weighted by molar-refractivity contribution is -0.173. The quantitative estimate of drug-likeness (QED) is 0.320. The number of amidine groups is 1. The lowest BCUT2D eigenvalue weighted by atomic mass is 9.91. The molecule has 1 fully saturated rings. The molecule has 3 rings (SSSR count).